The Balaban J connectivity index is 1.65. The van der Waals surface area contributed by atoms with E-state index in [1.807, 2.05) is 72.8 Å². The molecule has 0 saturated heterocycles. The van der Waals surface area contributed by atoms with Gasteiger partial charge in [0.05, 0.1) is 36.9 Å². The number of rotatable bonds is 7. The molecular weight excluding hydrogens is 454 g/mol. The summed E-state index contributed by atoms with van der Waals surface area (Å²) in [5.41, 5.74) is 9.30. The second-order valence-corrected chi connectivity index (χ2v) is 8.29. The quantitative estimate of drug-likeness (QED) is 0.207. The number of hydrogen-bond donors (Lipinski definition) is 2. The minimum Gasteiger partial charge on any atom is -0.497 e. The van der Waals surface area contributed by atoms with Crippen molar-refractivity contribution in [2.24, 2.45) is 5.90 Å². The molecule has 0 unspecified atom stereocenters. The predicted molar refractivity (Wildman–Crippen MR) is 132 cm³/mol. The SMILES string of the molecule is COc1ccc(Cn2c(=O)c3c(N)n(-c4ccc(SOON)cc4)nc3c3ccccc32)cc1. The fourth-order valence-electron chi connectivity index (χ4n) is 3.95. The zero-order chi connectivity index (χ0) is 23.7. The van der Waals surface area contributed by atoms with Crippen molar-refractivity contribution in [2.45, 2.75) is 11.4 Å². The molecule has 34 heavy (non-hydrogen) atoms. The Morgan fingerprint density at radius 1 is 1.00 bits per heavy atom. The van der Waals surface area contributed by atoms with E-state index in [1.54, 1.807) is 16.4 Å². The zero-order valence-electron chi connectivity index (χ0n) is 18.2. The van der Waals surface area contributed by atoms with Gasteiger partial charge in [-0.1, -0.05) is 30.3 Å². The molecule has 5 aromatic rings. The van der Waals surface area contributed by atoms with Gasteiger partial charge in [-0.2, -0.15) is 11.0 Å². The van der Waals surface area contributed by atoms with Crippen LogP contribution in [0.1, 0.15) is 5.56 Å². The van der Waals surface area contributed by atoms with Crippen molar-refractivity contribution in [3.8, 4) is 11.4 Å². The third-order valence-electron chi connectivity index (χ3n) is 5.58. The van der Waals surface area contributed by atoms with E-state index in [9.17, 15) is 4.79 Å². The highest BCUT2D eigenvalue weighted by Gasteiger charge is 2.19. The molecule has 0 spiro atoms. The van der Waals surface area contributed by atoms with Crippen molar-refractivity contribution in [1.82, 2.24) is 14.3 Å². The molecule has 0 aliphatic heterocycles. The number of aromatic nitrogens is 3. The van der Waals surface area contributed by atoms with E-state index in [2.05, 4.69) is 9.32 Å². The summed E-state index contributed by atoms with van der Waals surface area (Å²) in [6.45, 7) is 0.388. The number of pyridine rings is 1. The number of ether oxygens (including phenoxy) is 1. The molecule has 0 atom stereocenters. The minimum atomic E-state index is -0.200. The van der Waals surface area contributed by atoms with Crippen molar-refractivity contribution in [3.63, 3.8) is 0 Å². The van der Waals surface area contributed by atoms with Crippen LogP contribution in [0.5, 0.6) is 5.75 Å². The summed E-state index contributed by atoms with van der Waals surface area (Å²) < 4.78 is 13.2. The Labute approximate surface area is 198 Å². The normalized spacial score (nSPS) is 11.4. The van der Waals surface area contributed by atoms with E-state index >= 15 is 0 Å². The van der Waals surface area contributed by atoms with Gasteiger partial charge < -0.3 is 15.0 Å². The lowest BCUT2D eigenvalue weighted by Crippen LogP contribution is -2.22. The first-order valence-electron chi connectivity index (χ1n) is 10.3. The summed E-state index contributed by atoms with van der Waals surface area (Å²) >= 11 is 0.974. The van der Waals surface area contributed by atoms with Gasteiger partial charge in [0.1, 0.15) is 22.5 Å². The van der Waals surface area contributed by atoms with Crippen molar-refractivity contribution in [2.75, 3.05) is 12.8 Å². The van der Waals surface area contributed by atoms with Crippen LogP contribution in [0.25, 0.3) is 27.5 Å². The average Bonchev–Trinajstić information content (AvgIpc) is 3.23. The van der Waals surface area contributed by atoms with E-state index in [4.69, 9.17) is 21.5 Å². The summed E-state index contributed by atoms with van der Waals surface area (Å²) in [6, 6.07) is 22.6. The van der Waals surface area contributed by atoms with Gasteiger partial charge in [0.15, 0.2) is 0 Å². The second kappa shape index (κ2) is 9.20. The van der Waals surface area contributed by atoms with Crippen LogP contribution in [-0.2, 0) is 15.9 Å². The molecule has 172 valence electrons. The van der Waals surface area contributed by atoms with Crippen LogP contribution in [0.2, 0.25) is 0 Å². The molecule has 0 amide bonds. The Morgan fingerprint density at radius 3 is 2.44 bits per heavy atom. The summed E-state index contributed by atoms with van der Waals surface area (Å²) in [6.07, 6.45) is 0. The lowest BCUT2D eigenvalue weighted by atomic mass is 10.1. The van der Waals surface area contributed by atoms with Gasteiger partial charge in [0.25, 0.3) is 5.56 Å². The average molecular weight is 476 g/mol. The lowest BCUT2D eigenvalue weighted by molar-refractivity contribution is -0.195. The van der Waals surface area contributed by atoms with Gasteiger partial charge >= 0.3 is 0 Å². The fraction of sp³-hybridized carbons (Fsp3) is 0.0833. The summed E-state index contributed by atoms with van der Waals surface area (Å²) in [7, 11) is 1.62. The third kappa shape index (κ3) is 3.88. The standard InChI is InChI=1S/C24H21N5O4S/c1-31-17-10-6-15(7-11-17)14-28-20-5-3-2-4-19(20)22-21(24(28)30)23(25)29(27-22)16-8-12-18(13-9-16)34-33-32-26/h2-13H,14,25-26H2,1H3. The van der Waals surface area contributed by atoms with Gasteiger partial charge in [0.2, 0.25) is 0 Å². The largest absolute Gasteiger partial charge is 0.497 e. The zero-order valence-corrected chi connectivity index (χ0v) is 19.0. The minimum absolute atomic E-state index is 0.200. The molecule has 9 nitrogen and oxygen atoms in total. The number of hydrogen-bond acceptors (Lipinski definition) is 8. The third-order valence-corrected chi connectivity index (χ3v) is 6.19. The van der Waals surface area contributed by atoms with Gasteiger partial charge in [-0.05, 0) is 48.0 Å². The first kappa shape index (κ1) is 22.0. The highest BCUT2D eigenvalue weighted by Crippen LogP contribution is 2.29. The molecule has 2 aromatic heterocycles. The molecule has 5 rings (SSSR count). The van der Waals surface area contributed by atoms with E-state index < -0.39 is 0 Å². The fourth-order valence-corrected chi connectivity index (χ4v) is 4.32. The van der Waals surface area contributed by atoms with Crippen LogP contribution < -0.4 is 21.9 Å². The molecule has 3 aromatic carbocycles. The number of fused-ring (bicyclic) bond motifs is 3. The lowest BCUT2D eigenvalue weighted by Gasteiger charge is -2.11. The molecule has 0 aliphatic rings. The Morgan fingerprint density at radius 2 is 1.74 bits per heavy atom. The van der Waals surface area contributed by atoms with Crippen LogP contribution >= 0.6 is 12.0 Å². The molecule has 0 fully saturated rings. The highest BCUT2D eigenvalue weighted by atomic mass is 32.2. The topological polar surface area (TPSA) is 120 Å². The van der Waals surface area contributed by atoms with Crippen LogP contribution in [0, 0.1) is 0 Å². The summed E-state index contributed by atoms with van der Waals surface area (Å²) in [5.74, 6) is 5.91. The van der Waals surface area contributed by atoms with E-state index in [-0.39, 0.29) is 11.4 Å². The number of anilines is 1. The first-order valence-corrected chi connectivity index (χ1v) is 11.1. The number of para-hydroxylation sites is 1. The van der Waals surface area contributed by atoms with Crippen molar-refractivity contribution in [1.29, 1.82) is 0 Å². The Hall–Kier alpha value is -3.83. The van der Waals surface area contributed by atoms with Crippen LogP contribution in [0.4, 0.5) is 5.82 Å². The highest BCUT2D eigenvalue weighted by molar-refractivity contribution is 7.94. The van der Waals surface area contributed by atoms with E-state index in [1.165, 1.54) is 0 Å². The maximum absolute atomic E-state index is 13.7. The number of benzene rings is 3. The van der Waals surface area contributed by atoms with Crippen molar-refractivity contribution < 1.29 is 14.1 Å². The molecule has 0 saturated carbocycles. The van der Waals surface area contributed by atoms with Gasteiger partial charge in [-0.15, -0.1) is 9.32 Å². The molecule has 0 aliphatic carbocycles. The molecule has 0 bridgehead atoms. The molecule has 10 heteroatoms. The maximum atomic E-state index is 13.7. The van der Waals surface area contributed by atoms with E-state index in [0.717, 1.165) is 39.2 Å². The molecule has 4 N–H and O–H groups in total. The number of methoxy groups -OCH3 is 1. The maximum Gasteiger partial charge on any atom is 0.264 e. The van der Waals surface area contributed by atoms with Crippen LogP contribution in [-0.4, -0.2) is 21.5 Å². The predicted octanol–water partition coefficient (Wildman–Crippen LogP) is 3.81. The number of nitrogens with two attached hydrogens (primary N) is 2. The first-order chi connectivity index (χ1) is 16.6. The van der Waals surface area contributed by atoms with Gasteiger partial charge in [0, 0.05) is 10.3 Å². The second-order valence-electron chi connectivity index (χ2n) is 7.52. The number of nitrogens with zero attached hydrogens (tertiary/aromatic N) is 3. The van der Waals surface area contributed by atoms with Gasteiger partial charge in [-0.3, -0.25) is 4.79 Å². The molecule has 0 radical (unpaired) electrons. The smallest absolute Gasteiger partial charge is 0.264 e. The molecular formula is C24H21N5O4S. The van der Waals surface area contributed by atoms with Crippen LogP contribution in [0.15, 0.2) is 82.5 Å². The van der Waals surface area contributed by atoms with Crippen molar-refractivity contribution in [3.05, 3.63) is 88.7 Å². The summed E-state index contributed by atoms with van der Waals surface area (Å²) in [4.78, 5) is 18.6. The van der Waals surface area contributed by atoms with Gasteiger partial charge in [-0.25, -0.2) is 4.68 Å². The number of nitrogen functional groups attached to an aromatic ring is 1. The van der Waals surface area contributed by atoms with Crippen molar-refractivity contribution >= 4 is 39.7 Å². The monoisotopic (exact) mass is 475 g/mol. The Kier molecular flexibility index (Phi) is 5.95. The van der Waals surface area contributed by atoms with E-state index in [0.29, 0.717) is 23.1 Å². The Bertz CT molecular complexity index is 1530. The molecule has 2 heterocycles. The summed E-state index contributed by atoms with van der Waals surface area (Å²) in [5, 5.41) is 5.94. The van der Waals surface area contributed by atoms with Crippen LogP contribution in [0.3, 0.4) is 0 Å².